The molecule has 1 nitrogen and oxygen atoms in total. The fourth-order valence-corrected chi connectivity index (χ4v) is 6.61. The third-order valence-electron chi connectivity index (χ3n) is 7.72. The van der Waals surface area contributed by atoms with Crippen LogP contribution < -0.4 is 0 Å². The first-order chi connectivity index (χ1) is 10.3. The first-order valence-electron chi connectivity index (χ1n) is 8.98. The van der Waals surface area contributed by atoms with Crippen LogP contribution in [0.25, 0.3) is 0 Å². The van der Waals surface area contributed by atoms with Gasteiger partial charge in [-0.2, -0.15) is 0 Å². The van der Waals surface area contributed by atoms with Crippen molar-refractivity contribution in [2.75, 3.05) is 0 Å². The molecule has 0 N–H and O–H groups in total. The van der Waals surface area contributed by atoms with Crippen molar-refractivity contribution in [2.45, 2.75) is 58.8 Å². The Bertz CT molecular complexity index is 609. The fraction of sp³-hybridized carbons (Fsp3) is 0.667. The van der Waals surface area contributed by atoms with Crippen molar-refractivity contribution < 1.29 is 4.79 Å². The van der Waals surface area contributed by atoms with Gasteiger partial charge in [-0.3, -0.25) is 4.79 Å². The Morgan fingerprint density at radius 1 is 1.09 bits per heavy atom. The minimum atomic E-state index is 0.106. The maximum absolute atomic E-state index is 12.1. The number of carbonyl (C=O) groups is 1. The van der Waals surface area contributed by atoms with Gasteiger partial charge >= 0.3 is 0 Å². The highest BCUT2D eigenvalue weighted by Crippen LogP contribution is 2.66. The van der Waals surface area contributed by atoms with Gasteiger partial charge in [-0.05, 0) is 78.9 Å². The van der Waals surface area contributed by atoms with Gasteiger partial charge in [0.1, 0.15) is 0 Å². The van der Waals surface area contributed by atoms with Gasteiger partial charge in [-0.25, -0.2) is 0 Å². The molecule has 0 aromatic carbocycles. The number of rotatable bonds is 0. The van der Waals surface area contributed by atoms with Gasteiger partial charge < -0.3 is 0 Å². The maximum Gasteiger partial charge on any atom is 0.181 e. The lowest BCUT2D eigenvalue weighted by Crippen LogP contribution is -2.50. The number of allylic oxidation sites excluding steroid dienone is 3. The van der Waals surface area contributed by atoms with Crippen LogP contribution in [-0.2, 0) is 4.79 Å². The minimum absolute atomic E-state index is 0.106. The molecule has 0 radical (unpaired) electrons. The third kappa shape index (κ3) is 1.74. The fourth-order valence-electron chi connectivity index (χ4n) is 6.61. The van der Waals surface area contributed by atoms with E-state index in [-0.39, 0.29) is 11.2 Å². The zero-order valence-corrected chi connectivity index (χ0v) is 14.1. The average molecular weight is 296 g/mol. The Kier molecular flexibility index (Phi) is 2.94. The van der Waals surface area contributed by atoms with Crippen LogP contribution in [-0.4, -0.2) is 5.78 Å². The summed E-state index contributed by atoms with van der Waals surface area (Å²) in [6.07, 6.45) is 10.7. The number of hydrogen-bond acceptors (Lipinski definition) is 1. The molecule has 0 amide bonds. The van der Waals surface area contributed by atoms with E-state index >= 15 is 0 Å². The third-order valence-corrected chi connectivity index (χ3v) is 7.72. The van der Waals surface area contributed by atoms with Crippen LogP contribution in [0.2, 0.25) is 0 Å². The highest BCUT2D eigenvalue weighted by Gasteiger charge is 2.57. The number of fused-ring (bicyclic) bond motifs is 5. The summed E-state index contributed by atoms with van der Waals surface area (Å²) in [5.41, 5.74) is 3.98. The first-order valence-corrected chi connectivity index (χ1v) is 8.98. The molecule has 5 atom stereocenters. The highest BCUT2D eigenvalue weighted by molar-refractivity contribution is 6.05. The highest BCUT2D eigenvalue weighted by atomic mass is 16.1. The first kappa shape index (κ1) is 14.5. The molecule has 118 valence electrons. The molecular formula is C21H28O. The van der Waals surface area contributed by atoms with Crippen LogP contribution in [0.3, 0.4) is 0 Å². The minimum Gasteiger partial charge on any atom is -0.290 e. The second kappa shape index (κ2) is 4.46. The van der Waals surface area contributed by atoms with Crippen LogP contribution in [0.1, 0.15) is 58.8 Å². The number of hydrogen-bond donors (Lipinski definition) is 0. The van der Waals surface area contributed by atoms with E-state index in [1.54, 1.807) is 0 Å². The van der Waals surface area contributed by atoms with Crippen LogP contribution >= 0.6 is 0 Å². The second-order valence-electron chi connectivity index (χ2n) is 8.89. The zero-order chi connectivity index (χ0) is 15.7. The quantitative estimate of drug-likeness (QED) is 0.559. The van der Waals surface area contributed by atoms with Crippen LogP contribution in [0, 0.1) is 28.6 Å². The lowest BCUT2D eigenvalue weighted by molar-refractivity contribution is -0.112. The molecule has 3 saturated carbocycles. The van der Waals surface area contributed by atoms with E-state index in [9.17, 15) is 4.79 Å². The molecule has 1 heteroatoms. The molecule has 0 spiro atoms. The summed E-state index contributed by atoms with van der Waals surface area (Å²) in [5.74, 6) is 2.49. The molecule has 0 unspecified atom stereocenters. The van der Waals surface area contributed by atoms with Crippen LogP contribution in [0.4, 0.5) is 0 Å². The Labute approximate surface area is 134 Å². The van der Waals surface area contributed by atoms with Crippen molar-refractivity contribution in [1.82, 2.24) is 0 Å². The molecule has 0 bridgehead atoms. The molecular weight excluding hydrogens is 268 g/mol. The summed E-state index contributed by atoms with van der Waals surface area (Å²) in [7, 11) is 0. The standard InChI is InChI=1S/C21H28O/c1-13-10-15-16-6-5-8-20(16,3)9-7-17(15)21(4)12-14(2)19(22)11-18(13)21/h11,15-17H,1-2,5-10,12H2,3-4H3/t15-,16-,17-,20-,21+/m0/s1. The van der Waals surface area contributed by atoms with E-state index < -0.39 is 0 Å². The summed E-state index contributed by atoms with van der Waals surface area (Å²) in [4.78, 5) is 12.1. The maximum atomic E-state index is 12.1. The molecule has 0 heterocycles. The van der Waals surface area contributed by atoms with Crippen molar-refractivity contribution >= 4 is 5.78 Å². The SMILES string of the molecule is C=C1C[C@@]2(C)C(=CC1=O)C(=C)C[C@H]1[C@@H]3CCC[C@@]3(C)CC[C@@H]12. The van der Waals surface area contributed by atoms with Gasteiger partial charge in [0.2, 0.25) is 0 Å². The average Bonchev–Trinajstić information content (AvgIpc) is 2.84. The summed E-state index contributed by atoms with van der Waals surface area (Å²) < 4.78 is 0. The van der Waals surface area contributed by atoms with E-state index in [0.717, 1.165) is 30.3 Å². The second-order valence-corrected chi connectivity index (χ2v) is 8.89. The molecule has 4 aliphatic carbocycles. The lowest BCUT2D eigenvalue weighted by atomic mass is 9.46. The number of ketones is 1. The van der Waals surface area contributed by atoms with Gasteiger partial charge in [0, 0.05) is 5.41 Å². The van der Waals surface area contributed by atoms with Gasteiger partial charge in [-0.1, -0.05) is 39.0 Å². The van der Waals surface area contributed by atoms with Crippen molar-refractivity contribution in [2.24, 2.45) is 28.6 Å². The Morgan fingerprint density at radius 2 is 1.86 bits per heavy atom. The molecule has 0 aromatic heterocycles. The summed E-state index contributed by atoms with van der Waals surface area (Å²) >= 11 is 0. The number of carbonyl (C=O) groups excluding carboxylic acids is 1. The van der Waals surface area contributed by atoms with Gasteiger partial charge in [0.05, 0.1) is 0 Å². The van der Waals surface area contributed by atoms with E-state index in [1.807, 2.05) is 6.08 Å². The smallest absolute Gasteiger partial charge is 0.181 e. The van der Waals surface area contributed by atoms with Crippen molar-refractivity contribution in [1.29, 1.82) is 0 Å². The molecule has 0 aliphatic heterocycles. The van der Waals surface area contributed by atoms with Crippen molar-refractivity contribution in [3.8, 4) is 0 Å². The summed E-state index contributed by atoms with van der Waals surface area (Å²) in [5, 5.41) is 0. The Balaban J connectivity index is 1.78. The largest absolute Gasteiger partial charge is 0.290 e. The predicted octanol–water partition coefficient (Wildman–Crippen LogP) is 5.24. The molecule has 3 fully saturated rings. The van der Waals surface area contributed by atoms with E-state index in [0.29, 0.717) is 11.3 Å². The van der Waals surface area contributed by atoms with Crippen molar-refractivity contribution in [3.63, 3.8) is 0 Å². The van der Waals surface area contributed by atoms with E-state index in [1.165, 1.54) is 43.3 Å². The summed E-state index contributed by atoms with van der Waals surface area (Å²) in [6.45, 7) is 13.3. The van der Waals surface area contributed by atoms with Gasteiger partial charge in [0.15, 0.2) is 5.78 Å². The Morgan fingerprint density at radius 3 is 2.64 bits per heavy atom. The lowest BCUT2D eigenvalue weighted by Gasteiger charge is -2.58. The monoisotopic (exact) mass is 296 g/mol. The van der Waals surface area contributed by atoms with Crippen molar-refractivity contribution in [3.05, 3.63) is 36.0 Å². The molecule has 4 aliphatic rings. The molecule has 0 saturated heterocycles. The normalized spacial score (nSPS) is 47.6. The molecule has 4 rings (SSSR count). The molecule has 0 aromatic rings. The topological polar surface area (TPSA) is 17.1 Å². The van der Waals surface area contributed by atoms with Gasteiger partial charge in [0.25, 0.3) is 0 Å². The van der Waals surface area contributed by atoms with E-state index in [4.69, 9.17) is 0 Å². The van der Waals surface area contributed by atoms with E-state index in [2.05, 4.69) is 27.0 Å². The van der Waals surface area contributed by atoms with Gasteiger partial charge in [-0.15, -0.1) is 0 Å². The Hall–Kier alpha value is -1.11. The summed E-state index contributed by atoms with van der Waals surface area (Å²) in [6, 6.07) is 0. The molecule has 22 heavy (non-hydrogen) atoms. The zero-order valence-electron chi connectivity index (χ0n) is 14.1. The van der Waals surface area contributed by atoms with Crippen LogP contribution in [0.15, 0.2) is 36.0 Å². The predicted molar refractivity (Wildman–Crippen MR) is 90.4 cm³/mol. The van der Waals surface area contributed by atoms with Crippen LogP contribution in [0.5, 0.6) is 0 Å².